The number of nitrogens with zero attached hydrogens (tertiary/aromatic N) is 1. The summed E-state index contributed by atoms with van der Waals surface area (Å²) in [6.45, 7) is 3.76. The van der Waals surface area contributed by atoms with Gasteiger partial charge in [0.2, 0.25) is 0 Å². The van der Waals surface area contributed by atoms with E-state index in [0.29, 0.717) is 19.3 Å². The molecule has 6 heteroatoms. The number of aliphatic imine (C=N–C) groups is 1. The number of hydrogen-bond donors (Lipinski definition) is 2. The Balaban J connectivity index is 1.60. The SMILES string of the molecule is CN=C(NCCCOC1CCCCC1)NCc1cccc(OCCCOC)c1. The predicted molar refractivity (Wildman–Crippen MR) is 114 cm³/mol. The van der Waals surface area contributed by atoms with E-state index in [-0.39, 0.29) is 0 Å². The molecule has 2 N–H and O–H groups in total. The summed E-state index contributed by atoms with van der Waals surface area (Å²) in [5.41, 5.74) is 1.16. The fourth-order valence-electron chi connectivity index (χ4n) is 3.31. The lowest BCUT2D eigenvalue weighted by atomic mass is 9.98. The van der Waals surface area contributed by atoms with E-state index in [1.165, 1.54) is 32.1 Å². The van der Waals surface area contributed by atoms with Crippen LogP contribution in [0.1, 0.15) is 50.5 Å². The summed E-state index contributed by atoms with van der Waals surface area (Å²) >= 11 is 0. The molecule has 0 atom stereocenters. The zero-order valence-electron chi connectivity index (χ0n) is 17.5. The van der Waals surface area contributed by atoms with E-state index < -0.39 is 0 Å². The van der Waals surface area contributed by atoms with Crippen molar-refractivity contribution in [1.29, 1.82) is 0 Å². The molecule has 1 fully saturated rings. The average molecular weight is 392 g/mol. The Morgan fingerprint density at radius 3 is 2.71 bits per heavy atom. The Hall–Kier alpha value is -1.79. The molecule has 1 aromatic carbocycles. The summed E-state index contributed by atoms with van der Waals surface area (Å²) in [6.07, 6.45) is 8.82. The second kappa shape index (κ2) is 14.2. The molecule has 1 aromatic rings. The maximum Gasteiger partial charge on any atom is 0.191 e. The minimum absolute atomic E-state index is 0.482. The van der Waals surface area contributed by atoms with Crippen LogP contribution in [-0.2, 0) is 16.0 Å². The summed E-state index contributed by atoms with van der Waals surface area (Å²) in [4.78, 5) is 4.29. The molecule has 0 aromatic heterocycles. The number of benzene rings is 1. The lowest BCUT2D eigenvalue weighted by Crippen LogP contribution is -2.37. The van der Waals surface area contributed by atoms with Gasteiger partial charge in [0.15, 0.2) is 5.96 Å². The van der Waals surface area contributed by atoms with Crippen LogP contribution in [0.4, 0.5) is 0 Å². The van der Waals surface area contributed by atoms with Gasteiger partial charge in [0, 0.05) is 46.9 Å². The second-order valence-electron chi connectivity index (χ2n) is 7.18. The van der Waals surface area contributed by atoms with Gasteiger partial charge in [-0.15, -0.1) is 0 Å². The second-order valence-corrected chi connectivity index (χ2v) is 7.18. The zero-order chi connectivity index (χ0) is 19.9. The molecule has 0 aliphatic heterocycles. The van der Waals surface area contributed by atoms with E-state index in [1.54, 1.807) is 14.2 Å². The van der Waals surface area contributed by atoms with E-state index in [9.17, 15) is 0 Å². The van der Waals surface area contributed by atoms with E-state index in [1.807, 2.05) is 12.1 Å². The third kappa shape index (κ3) is 9.42. The van der Waals surface area contributed by atoms with Crippen LogP contribution in [0.5, 0.6) is 5.75 Å². The Bertz CT molecular complexity index is 560. The Labute approximate surface area is 170 Å². The van der Waals surface area contributed by atoms with Crippen molar-refractivity contribution in [2.45, 2.75) is 57.6 Å². The summed E-state index contributed by atoms with van der Waals surface area (Å²) in [6, 6.07) is 8.14. The zero-order valence-corrected chi connectivity index (χ0v) is 17.5. The minimum Gasteiger partial charge on any atom is -0.493 e. The molecule has 0 bridgehead atoms. The van der Waals surface area contributed by atoms with E-state index >= 15 is 0 Å². The number of methoxy groups -OCH3 is 1. The third-order valence-corrected chi connectivity index (χ3v) is 4.86. The largest absolute Gasteiger partial charge is 0.493 e. The fraction of sp³-hybridized carbons (Fsp3) is 0.682. The highest BCUT2D eigenvalue weighted by molar-refractivity contribution is 5.79. The molecular weight excluding hydrogens is 354 g/mol. The average Bonchev–Trinajstić information content (AvgIpc) is 2.74. The van der Waals surface area contributed by atoms with Gasteiger partial charge < -0.3 is 24.8 Å². The van der Waals surface area contributed by atoms with Crippen LogP contribution in [-0.4, -0.2) is 52.6 Å². The Kier molecular flexibility index (Phi) is 11.4. The van der Waals surface area contributed by atoms with Gasteiger partial charge in [-0.2, -0.15) is 0 Å². The molecule has 6 nitrogen and oxygen atoms in total. The third-order valence-electron chi connectivity index (χ3n) is 4.86. The topological polar surface area (TPSA) is 64.1 Å². The lowest BCUT2D eigenvalue weighted by Gasteiger charge is -2.22. The van der Waals surface area contributed by atoms with E-state index in [2.05, 4.69) is 27.8 Å². The normalized spacial score (nSPS) is 15.4. The number of ether oxygens (including phenoxy) is 3. The van der Waals surface area contributed by atoms with Gasteiger partial charge in [-0.05, 0) is 37.0 Å². The highest BCUT2D eigenvalue weighted by Gasteiger charge is 2.12. The molecule has 0 heterocycles. The summed E-state index contributed by atoms with van der Waals surface area (Å²) in [5.74, 6) is 1.70. The van der Waals surface area contributed by atoms with E-state index in [4.69, 9.17) is 14.2 Å². The molecule has 28 heavy (non-hydrogen) atoms. The van der Waals surface area contributed by atoms with Crippen LogP contribution in [0, 0.1) is 0 Å². The van der Waals surface area contributed by atoms with E-state index in [0.717, 1.165) is 49.9 Å². The molecule has 1 saturated carbocycles. The number of hydrogen-bond acceptors (Lipinski definition) is 4. The van der Waals surface area contributed by atoms with Gasteiger partial charge in [0.05, 0.1) is 12.7 Å². The highest BCUT2D eigenvalue weighted by Crippen LogP contribution is 2.20. The van der Waals surface area contributed by atoms with Gasteiger partial charge >= 0.3 is 0 Å². The molecular formula is C22H37N3O3. The number of guanidine groups is 1. The highest BCUT2D eigenvalue weighted by atomic mass is 16.5. The summed E-state index contributed by atoms with van der Waals surface area (Å²) < 4.78 is 16.8. The monoisotopic (exact) mass is 391 g/mol. The first-order valence-electron chi connectivity index (χ1n) is 10.6. The first-order valence-corrected chi connectivity index (χ1v) is 10.6. The first-order chi connectivity index (χ1) is 13.8. The van der Waals surface area contributed by atoms with Crippen molar-refractivity contribution in [2.24, 2.45) is 4.99 Å². The van der Waals surface area contributed by atoms with Gasteiger partial charge in [-0.1, -0.05) is 31.4 Å². The van der Waals surface area contributed by atoms with Crippen LogP contribution in [0.2, 0.25) is 0 Å². The molecule has 158 valence electrons. The van der Waals surface area contributed by atoms with Crippen molar-refractivity contribution in [3.63, 3.8) is 0 Å². The summed E-state index contributed by atoms with van der Waals surface area (Å²) in [7, 11) is 3.50. The molecule has 0 amide bonds. The van der Waals surface area contributed by atoms with Crippen molar-refractivity contribution in [2.75, 3.05) is 40.5 Å². The predicted octanol–water partition coefficient (Wildman–Crippen LogP) is 3.51. The minimum atomic E-state index is 0.482. The molecule has 1 aliphatic rings. The smallest absolute Gasteiger partial charge is 0.191 e. The van der Waals surface area contributed by atoms with Crippen LogP contribution in [0.3, 0.4) is 0 Å². The molecule has 0 unspecified atom stereocenters. The number of rotatable bonds is 12. The van der Waals surface area contributed by atoms with Gasteiger partial charge in [-0.25, -0.2) is 0 Å². The lowest BCUT2D eigenvalue weighted by molar-refractivity contribution is 0.0277. The van der Waals surface area contributed by atoms with Crippen molar-refractivity contribution in [3.05, 3.63) is 29.8 Å². The van der Waals surface area contributed by atoms with Crippen LogP contribution >= 0.6 is 0 Å². The van der Waals surface area contributed by atoms with Gasteiger partial charge in [0.1, 0.15) is 5.75 Å². The molecule has 1 aliphatic carbocycles. The number of nitrogens with one attached hydrogen (secondary N) is 2. The van der Waals surface area contributed by atoms with Crippen LogP contribution in [0.15, 0.2) is 29.3 Å². The Morgan fingerprint density at radius 2 is 1.93 bits per heavy atom. The summed E-state index contributed by atoms with van der Waals surface area (Å²) in [5, 5.41) is 6.71. The van der Waals surface area contributed by atoms with Crippen LogP contribution in [0.25, 0.3) is 0 Å². The molecule has 0 radical (unpaired) electrons. The quantitative estimate of drug-likeness (QED) is 0.324. The van der Waals surface area contributed by atoms with Gasteiger partial charge in [-0.3, -0.25) is 4.99 Å². The maximum atomic E-state index is 5.97. The van der Waals surface area contributed by atoms with Crippen LogP contribution < -0.4 is 15.4 Å². The molecule has 2 rings (SSSR count). The van der Waals surface area contributed by atoms with Gasteiger partial charge in [0.25, 0.3) is 0 Å². The Morgan fingerprint density at radius 1 is 1.07 bits per heavy atom. The first kappa shape index (κ1) is 22.5. The van der Waals surface area contributed by atoms with Crippen molar-refractivity contribution in [3.8, 4) is 5.75 Å². The van der Waals surface area contributed by atoms with Crippen molar-refractivity contribution in [1.82, 2.24) is 10.6 Å². The molecule has 0 spiro atoms. The maximum absolute atomic E-state index is 5.97. The molecule has 0 saturated heterocycles. The van der Waals surface area contributed by atoms with Crippen molar-refractivity contribution < 1.29 is 14.2 Å². The standard InChI is InChI=1S/C22H37N3O3/c1-23-22(24-13-7-15-27-20-10-4-3-5-11-20)25-18-19-9-6-12-21(17-19)28-16-8-14-26-2/h6,9,12,17,20H,3-5,7-8,10-11,13-16,18H2,1-2H3,(H2,23,24,25). The van der Waals surface area contributed by atoms with Crippen molar-refractivity contribution >= 4 is 5.96 Å². The fourth-order valence-corrected chi connectivity index (χ4v) is 3.31.